The summed E-state index contributed by atoms with van der Waals surface area (Å²) in [7, 11) is 0. The van der Waals surface area contributed by atoms with Crippen molar-refractivity contribution >= 4 is 0 Å². The molecular weight excluding hydrogens is 261 g/mol. The summed E-state index contributed by atoms with van der Waals surface area (Å²) in [6.45, 7) is 11.7. The van der Waals surface area contributed by atoms with E-state index in [2.05, 4.69) is 39.9 Å². The lowest BCUT2D eigenvalue weighted by Crippen LogP contribution is -2.45. The lowest BCUT2D eigenvalue weighted by molar-refractivity contribution is 0.0799. The molecule has 2 rings (SSSR count). The molecule has 0 amide bonds. The van der Waals surface area contributed by atoms with Gasteiger partial charge in [0.15, 0.2) is 0 Å². The van der Waals surface area contributed by atoms with Crippen LogP contribution in [0.15, 0.2) is 24.3 Å². The van der Waals surface area contributed by atoms with Gasteiger partial charge in [-0.15, -0.1) is 0 Å². The SMILES string of the molecule is CCC(NC1CC(C)(C)CC(C)(C)C1)c1ccc(F)cc1. The van der Waals surface area contributed by atoms with Crippen molar-refractivity contribution in [3.05, 3.63) is 35.6 Å². The summed E-state index contributed by atoms with van der Waals surface area (Å²) in [5.41, 5.74) is 1.97. The minimum Gasteiger partial charge on any atom is -0.307 e. The van der Waals surface area contributed by atoms with Crippen LogP contribution in [-0.4, -0.2) is 6.04 Å². The summed E-state index contributed by atoms with van der Waals surface area (Å²) in [5.74, 6) is -0.159. The van der Waals surface area contributed by atoms with E-state index in [1.54, 1.807) is 12.1 Å². The van der Waals surface area contributed by atoms with E-state index in [-0.39, 0.29) is 5.82 Å². The zero-order chi connectivity index (χ0) is 15.7. The van der Waals surface area contributed by atoms with E-state index in [1.165, 1.54) is 24.8 Å². The molecule has 1 atom stereocenters. The molecule has 21 heavy (non-hydrogen) atoms. The zero-order valence-electron chi connectivity index (χ0n) is 14.2. The Kier molecular flexibility index (Phi) is 4.77. The first-order chi connectivity index (χ1) is 9.71. The number of rotatable bonds is 4. The van der Waals surface area contributed by atoms with Gasteiger partial charge in [0.25, 0.3) is 0 Å². The molecule has 0 saturated heterocycles. The van der Waals surface area contributed by atoms with E-state index in [1.807, 2.05) is 12.1 Å². The Morgan fingerprint density at radius 1 is 1.10 bits per heavy atom. The molecule has 0 bridgehead atoms. The molecule has 1 aromatic carbocycles. The molecule has 1 nitrogen and oxygen atoms in total. The minimum atomic E-state index is -0.159. The van der Waals surface area contributed by atoms with Crippen LogP contribution in [0.1, 0.15) is 71.9 Å². The van der Waals surface area contributed by atoms with Gasteiger partial charge in [-0.3, -0.25) is 0 Å². The number of hydrogen-bond donors (Lipinski definition) is 1. The Morgan fingerprint density at radius 3 is 2.10 bits per heavy atom. The fourth-order valence-electron chi connectivity index (χ4n) is 4.39. The fourth-order valence-corrected chi connectivity index (χ4v) is 4.39. The third-order valence-electron chi connectivity index (χ3n) is 4.67. The maximum Gasteiger partial charge on any atom is 0.123 e. The van der Waals surface area contributed by atoms with E-state index in [0.29, 0.717) is 22.9 Å². The molecular formula is C19H30FN. The molecule has 1 fully saturated rings. The van der Waals surface area contributed by atoms with E-state index in [9.17, 15) is 4.39 Å². The molecule has 118 valence electrons. The molecule has 1 saturated carbocycles. The van der Waals surface area contributed by atoms with Crippen LogP contribution in [0.2, 0.25) is 0 Å². The Balaban J connectivity index is 2.09. The molecule has 1 aliphatic rings. The van der Waals surface area contributed by atoms with Crippen molar-refractivity contribution in [3.63, 3.8) is 0 Å². The number of hydrogen-bond acceptors (Lipinski definition) is 1. The molecule has 0 aliphatic heterocycles. The standard InChI is InChI=1S/C19H30FN/c1-6-17(14-7-9-15(20)10-8-14)21-16-11-18(2,3)13-19(4,5)12-16/h7-10,16-17,21H,6,11-13H2,1-5H3. The highest BCUT2D eigenvalue weighted by Gasteiger charge is 2.38. The number of benzene rings is 1. The van der Waals surface area contributed by atoms with Gasteiger partial charge in [0.05, 0.1) is 0 Å². The maximum absolute atomic E-state index is 13.1. The van der Waals surface area contributed by atoms with E-state index in [4.69, 9.17) is 0 Å². The zero-order valence-corrected chi connectivity index (χ0v) is 14.2. The van der Waals surface area contributed by atoms with Gasteiger partial charge in [-0.2, -0.15) is 0 Å². The van der Waals surface area contributed by atoms with Crippen molar-refractivity contribution in [1.82, 2.24) is 5.32 Å². The van der Waals surface area contributed by atoms with Crippen LogP contribution in [0.4, 0.5) is 4.39 Å². The van der Waals surface area contributed by atoms with Crippen molar-refractivity contribution in [3.8, 4) is 0 Å². The molecule has 1 aromatic rings. The van der Waals surface area contributed by atoms with Gasteiger partial charge >= 0.3 is 0 Å². The Morgan fingerprint density at radius 2 is 1.62 bits per heavy atom. The van der Waals surface area contributed by atoms with Gasteiger partial charge in [-0.05, 0) is 54.2 Å². The van der Waals surface area contributed by atoms with E-state index < -0.39 is 0 Å². The van der Waals surface area contributed by atoms with Crippen molar-refractivity contribution in [1.29, 1.82) is 0 Å². The molecule has 0 radical (unpaired) electrons. The van der Waals surface area contributed by atoms with Crippen LogP contribution in [0, 0.1) is 16.6 Å². The highest BCUT2D eigenvalue weighted by Crippen LogP contribution is 2.46. The number of halogens is 1. The summed E-state index contributed by atoms with van der Waals surface area (Å²) >= 11 is 0. The number of nitrogens with one attached hydrogen (secondary N) is 1. The largest absolute Gasteiger partial charge is 0.307 e. The lowest BCUT2D eigenvalue weighted by atomic mass is 9.63. The quantitative estimate of drug-likeness (QED) is 0.775. The highest BCUT2D eigenvalue weighted by molar-refractivity contribution is 5.20. The lowest BCUT2D eigenvalue weighted by Gasteiger charge is -2.46. The molecule has 1 N–H and O–H groups in total. The summed E-state index contributed by atoms with van der Waals surface area (Å²) in [6.07, 6.45) is 4.75. The van der Waals surface area contributed by atoms with Gasteiger partial charge in [0, 0.05) is 12.1 Å². The molecule has 2 heteroatoms. The van der Waals surface area contributed by atoms with Crippen LogP contribution in [0.3, 0.4) is 0 Å². The third-order valence-corrected chi connectivity index (χ3v) is 4.67. The highest BCUT2D eigenvalue weighted by atomic mass is 19.1. The Labute approximate surface area is 129 Å². The van der Waals surface area contributed by atoms with Crippen molar-refractivity contribution in [2.45, 2.75) is 72.4 Å². The fraction of sp³-hybridized carbons (Fsp3) is 0.684. The van der Waals surface area contributed by atoms with Gasteiger partial charge in [-0.25, -0.2) is 4.39 Å². The van der Waals surface area contributed by atoms with Crippen LogP contribution < -0.4 is 5.32 Å². The molecule has 0 aromatic heterocycles. The average molecular weight is 291 g/mol. The third kappa shape index (κ3) is 4.54. The monoisotopic (exact) mass is 291 g/mol. The van der Waals surface area contributed by atoms with Crippen molar-refractivity contribution in [2.75, 3.05) is 0 Å². The van der Waals surface area contributed by atoms with Crippen molar-refractivity contribution < 1.29 is 4.39 Å². The molecule has 1 unspecified atom stereocenters. The van der Waals surface area contributed by atoms with Gasteiger partial charge in [0.1, 0.15) is 5.82 Å². The average Bonchev–Trinajstić information content (AvgIpc) is 2.33. The second-order valence-corrected chi connectivity index (χ2v) is 8.29. The predicted octanol–water partition coefficient (Wildman–Crippen LogP) is 5.47. The van der Waals surface area contributed by atoms with Gasteiger partial charge in [-0.1, -0.05) is 46.8 Å². The van der Waals surface area contributed by atoms with Crippen LogP contribution in [0.5, 0.6) is 0 Å². The van der Waals surface area contributed by atoms with E-state index in [0.717, 1.165) is 6.42 Å². The smallest absolute Gasteiger partial charge is 0.123 e. The van der Waals surface area contributed by atoms with Crippen molar-refractivity contribution in [2.24, 2.45) is 10.8 Å². The summed E-state index contributed by atoms with van der Waals surface area (Å²) in [5, 5.41) is 3.83. The molecule has 1 aliphatic carbocycles. The van der Waals surface area contributed by atoms with Crippen LogP contribution >= 0.6 is 0 Å². The minimum absolute atomic E-state index is 0.159. The topological polar surface area (TPSA) is 12.0 Å². The second kappa shape index (κ2) is 6.08. The normalized spacial score (nSPS) is 23.0. The first-order valence-electron chi connectivity index (χ1n) is 8.22. The molecule has 0 heterocycles. The summed E-state index contributed by atoms with van der Waals surface area (Å²) in [4.78, 5) is 0. The van der Waals surface area contributed by atoms with Gasteiger partial charge < -0.3 is 5.32 Å². The first kappa shape index (κ1) is 16.5. The van der Waals surface area contributed by atoms with E-state index >= 15 is 0 Å². The van der Waals surface area contributed by atoms with Crippen LogP contribution in [-0.2, 0) is 0 Å². The van der Waals surface area contributed by atoms with Crippen LogP contribution in [0.25, 0.3) is 0 Å². The second-order valence-electron chi connectivity index (χ2n) is 8.29. The summed E-state index contributed by atoms with van der Waals surface area (Å²) < 4.78 is 13.1. The molecule has 0 spiro atoms. The first-order valence-corrected chi connectivity index (χ1v) is 8.22. The predicted molar refractivity (Wildman–Crippen MR) is 87.8 cm³/mol. The maximum atomic E-state index is 13.1. The van der Waals surface area contributed by atoms with Gasteiger partial charge in [0.2, 0.25) is 0 Å². The summed E-state index contributed by atoms with van der Waals surface area (Å²) in [6, 6.07) is 7.81. The Hall–Kier alpha value is -0.890. The Bertz CT molecular complexity index is 445.